The van der Waals surface area contributed by atoms with Crippen molar-refractivity contribution in [2.75, 3.05) is 26.2 Å². The standard InChI is InChI=1S/C26H37N3O3S/c1-6-19(2)16-28(25(31)27-26(3,4)5)17-24(30)29-14-12-23-21(13-15-33-23)22(29)18-32-20-10-8-7-9-11-20/h7-11,13,15,19,22H,6,12,14,16-18H2,1-5H3,(H,27,31)/t19-,22-/m1/s1. The molecule has 0 spiro atoms. The fraction of sp³-hybridized carbons (Fsp3) is 0.538. The Bertz CT molecular complexity index is 922. The van der Waals surface area contributed by atoms with Crippen LogP contribution in [0.4, 0.5) is 4.79 Å². The number of carbonyl (C=O) groups excluding carboxylic acids is 2. The molecule has 1 aliphatic rings. The van der Waals surface area contributed by atoms with Gasteiger partial charge in [-0.05, 0) is 62.3 Å². The molecule has 0 aliphatic carbocycles. The highest BCUT2D eigenvalue weighted by atomic mass is 32.1. The first-order valence-corrected chi connectivity index (χ1v) is 12.7. The zero-order valence-electron chi connectivity index (χ0n) is 20.5. The summed E-state index contributed by atoms with van der Waals surface area (Å²) in [5.74, 6) is 1.06. The molecular formula is C26H37N3O3S. The lowest BCUT2D eigenvalue weighted by atomic mass is 10.00. The van der Waals surface area contributed by atoms with Crippen LogP contribution in [0.25, 0.3) is 0 Å². The van der Waals surface area contributed by atoms with Gasteiger partial charge < -0.3 is 19.9 Å². The predicted octanol–water partition coefficient (Wildman–Crippen LogP) is 5.11. The summed E-state index contributed by atoms with van der Waals surface area (Å²) in [5, 5.41) is 5.10. The number of para-hydroxylation sites is 1. The molecule has 0 saturated carbocycles. The number of thiophene rings is 1. The fourth-order valence-electron chi connectivity index (χ4n) is 3.95. The van der Waals surface area contributed by atoms with Crippen LogP contribution in [0.3, 0.4) is 0 Å². The minimum atomic E-state index is -0.364. The highest BCUT2D eigenvalue weighted by Gasteiger charge is 2.34. The van der Waals surface area contributed by atoms with Gasteiger partial charge in [-0.25, -0.2) is 4.79 Å². The van der Waals surface area contributed by atoms with Crippen LogP contribution in [0.5, 0.6) is 5.75 Å². The molecule has 0 fully saturated rings. The van der Waals surface area contributed by atoms with E-state index in [1.807, 2.05) is 56.0 Å². The quantitative estimate of drug-likeness (QED) is 0.582. The van der Waals surface area contributed by atoms with Gasteiger partial charge in [0.2, 0.25) is 5.91 Å². The van der Waals surface area contributed by atoms with Gasteiger partial charge in [-0.3, -0.25) is 4.79 Å². The molecule has 1 aliphatic heterocycles. The second-order valence-corrected chi connectivity index (χ2v) is 10.9. The molecular weight excluding hydrogens is 434 g/mol. The van der Waals surface area contributed by atoms with Crippen molar-refractivity contribution in [1.82, 2.24) is 15.1 Å². The molecule has 7 heteroatoms. The van der Waals surface area contributed by atoms with Gasteiger partial charge in [-0.2, -0.15) is 0 Å². The van der Waals surface area contributed by atoms with Gasteiger partial charge in [0.15, 0.2) is 0 Å². The third kappa shape index (κ3) is 6.97. The SMILES string of the molecule is CC[C@@H](C)CN(CC(=O)N1CCc2sccc2[C@H]1COc1ccccc1)C(=O)NC(C)(C)C. The number of benzene rings is 1. The van der Waals surface area contributed by atoms with Gasteiger partial charge in [0.1, 0.15) is 18.9 Å². The summed E-state index contributed by atoms with van der Waals surface area (Å²) in [6.07, 6.45) is 1.78. The van der Waals surface area contributed by atoms with Crippen molar-refractivity contribution < 1.29 is 14.3 Å². The van der Waals surface area contributed by atoms with E-state index in [1.165, 1.54) is 4.88 Å². The normalized spacial score (nSPS) is 16.6. The summed E-state index contributed by atoms with van der Waals surface area (Å²) in [5.41, 5.74) is 0.791. The molecule has 3 rings (SSSR count). The van der Waals surface area contributed by atoms with E-state index >= 15 is 0 Å². The van der Waals surface area contributed by atoms with Gasteiger partial charge in [-0.1, -0.05) is 38.5 Å². The van der Waals surface area contributed by atoms with Crippen LogP contribution in [0, 0.1) is 5.92 Å². The molecule has 2 atom stereocenters. The molecule has 0 saturated heterocycles. The van der Waals surface area contributed by atoms with Crippen molar-refractivity contribution in [1.29, 1.82) is 0 Å². The number of carbonyl (C=O) groups is 2. The first kappa shape index (κ1) is 25.1. The monoisotopic (exact) mass is 471 g/mol. The van der Waals surface area contributed by atoms with E-state index in [4.69, 9.17) is 4.74 Å². The molecule has 6 nitrogen and oxygen atoms in total. The van der Waals surface area contributed by atoms with E-state index in [0.717, 1.165) is 24.2 Å². The molecule has 1 aromatic heterocycles. The Balaban J connectivity index is 1.77. The van der Waals surface area contributed by atoms with Crippen LogP contribution in [0.2, 0.25) is 0 Å². The molecule has 2 aromatic rings. The maximum Gasteiger partial charge on any atom is 0.318 e. The van der Waals surface area contributed by atoms with Crippen LogP contribution in [0.15, 0.2) is 41.8 Å². The summed E-state index contributed by atoms with van der Waals surface area (Å²) in [6.45, 7) is 11.7. The van der Waals surface area contributed by atoms with E-state index < -0.39 is 0 Å². The lowest BCUT2D eigenvalue weighted by Crippen LogP contribution is -2.53. The van der Waals surface area contributed by atoms with Crippen molar-refractivity contribution in [3.05, 3.63) is 52.2 Å². The Morgan fingerprint density at radius 3 is 2.64 bits per heavy atom. The Hall–Kier alpha value is -2.54. The summed E-state index contributed by atoms with van der Waals surface area (Å²) in [4.78, 5) is 31.4. The topological polar surface area (TPSA) is 61.9 Å². The number of hydrogen-bond acceptors (Lipinski definition) is 4. The van der Waals surface area contributed by atoms with Crippen LogP contribution in [0.1, 0.15) is 57.5 Å². The van der Waals surface area contributed by atoms with Crippen LogP contribution in [-0.4, -0.2) is 53.5 Å². The van der Waals surface area contributed by atoms with Crippen LogP contribution >= 0.6 is 11.3 Å². The van der Waals surface area contributed by atoms with Gasteiger partial charge in [0.05, 0.1) is 6.04 Å². The van der Waals surface area contributed by atoms with E-state index in [2.05, 4.69) is 30.6 Å². The summed E-state index contributed by atoms with van der Waals surface area (Å²) in [6, 6.07) is 11.4. The minimum Gasteiger partial charge on any atom is -0.491 e. The van der Waals surface area contributed by atoms with Gasteiger partial charge in [0.25, 0.3) is 0 Å². The highest BCUT2D eigenvalue weighted by molar-refractivity contribution is 7.10. The van der Waals surface area contributed by atoms with Crippen molar-refractivity contribution in [2.45, 2.75) is 59.0 Å². The summed E-state index contributed by atoms with van der Waals surface area (Å²) < 4.78 is 6.07. The van der Waals surface area contributed by atoms with Gasteiger partial charge in [-0.15, -0.1) is 11.3 Å². The number of nitrogens with one attached hydrogen (secondary N) is 1. The number of hydrogen-bond donors (Lipinski definition) is 1. The molecule has 33 heavy (non-hydrogen) atoms. The third-order valence-electron chi connectivity index (χ3n) is 5.89. The zero-order valence-corrected chi connectivity index (χ0v) is 21.3. The second kappa shape index (κ2) is 11.1. The van der Waals surface area contributed by atoms with Gasteiger partial charge >= 0.3 is 6.03 Å². The maximum atomic E-state index is 13.6. The lowest BCUT2D eigenvalue weighted by molar-refractivity contribution is -0.135. The number of nitrogens with zero attached hydrogens (tertiary/aromatic N) is 2. The predicted molar refractivity (Wildman–Crippen MR) is 134 cm³/mol. The molecule has 3 amide bonds. The molecule has 0 unspecified atom stereocenters. The Labute approximate surface area is 201 Å². The van der Waals surface area contributed by atoms with E-state index in [1.54, 1.807) is 16.2 Å². The largest absolute Gasteiger partial charge is 0.491 e. The summed E-state index contributed by atoms with van der Waals surface area (Å²) >= 11 is 1.73. The average molecular weight is 472 g/mol. The van der Waals surface area contributed by atoms with Crippen LogP contribution in [-0.2, 0) is 11.2 Å². The number of fused-ring (bicyclic) bond motifs is 1. The number of amides is 3. The Morgan fingerprint density at radius 2 is 1.97 bits per heavy atom. The minimum absolute atomic E-state index is 0.0409. The Morgan fingerprint density at radius 1 is 1.24 bits per heavy atom. The molecule has 0 bridgehead atoms. The van der Waals surface area contributed by atoms with Gasteiger partial charge in [0, 0.05) is 23.5 Å². The van der Waals surface area contributed by atoms with Crippen molar-refractivity contribution >= 4 is 23.3 Å². The van der Waals surface area contributed by atoms with Crippen molar-refractivity contribution in [2.24, 2.45) is 5.92 Å². The maximum absolute atomic E-state index is 13.6. The Kier molecular flexibility index (Phi) is 8.40. The average Bonchev–Trinajstić information content (AvgIpc) is 3.25. The fourth-order valence-corrected chi connectivity index (χ4v) is 4.87. The molecule has 0 radical (unpaired) electrons. The zero-order chi connectivity index (χ0) is 24.0. The summed E-state index contributed by atoms with van der Waals surface area (Å²) in [7, 11) is 0. The second-order valence-electron chi connectivity index (χ2n) is 9.85. The first-order chi connectivity index (χ1) is 15.7. The van der Waals surface area contributed by atoms with E-state index in [9.17, 15) is 9.59 Å². The van der Waals surface area contributed by atoms with Crippen LogP contribution < -0.4 is 10.1 Å². The number of ether oxygens (including phenoxy) is 1. The molecule has 1 aromatic carbocycles. The third-order valence-corrected chi connectivity index (χ3v) is 6.89. The lowest BCUT2D eigenvalue weighted by Gasteiger charge is -2.37. The van der Waals surface area contributed by atoms with E-state index in [0.29, 0.717) is 25.6 Å². The highest BCUT2D eigenvalue weighted by Crippen LogP contribution is 2.34. The molecule has 2 heterocycles. The van der Waals surface area contributed by atoms with Crippen molar-refractivity contribution in [3.8, 4) is 5.75 Å². The number of urea groups is 1. The molecule has 1 N–H and O–H groups in total. The molecule has 180 valence electrons. The van der Waals surface area contributed by atoms with Crippen molar-refractivity contribution in [3.63, 3.8) is 0 Å². The smallest absolute Gasteiger partial charge is 0.318 e. The number of rotatable bonds is 8. The first-order valence-electron chi connectivity index (χ1n) is 11.8. The van der Waals surface area contributed by atoms with E-state index in [-0.39, 0.29) is 30.1 Å².